The normalized spacial score (nSPS) is 23.4. The van der Waals surface area contributed by atoms with Gasteiger partial charge in [-0.2, -0.15) is 0 Å². The molecule has 1 aromatic rings. The molecular formula is C18H22ClN3O3. The molecule has 1 aliphatic carbocycles. The number of nitrogens with one attached hydrogen (secondary N) is 1. The molecule has 4 amide bonds. The monoisotopic (exact) mass is 363 g/mol. The van der Waals surface area contributed by atoms with Gasteiger partial charge in [-0.25, -0.2) is 4.79 Å². The van der Waals surface area contributed by atoms with Crippen molar-refractivity contribution < 1.29 is 14.4 Å². The van der Waals surface area contributed by atoms with Crippen LogP contribution in [0.2, 0.25) is 5.02 Å². The average Bonchev–Trinajstić information content (AvgIpc) is 2.59. The van der Waals surface area contributed by atoms with E-state index in [1.165, 1.54) is 4.90 Å². The highest BCUT2D eigenvalue weighted by molar-refractivity contribution is 6.30. The molecule has 6 nitrogen and oxygen atoms in total. The number of fused-ring (bicyclic) bond motifs is 1. The molecule has 3 rings (SSSR count). The maximum Gasteiger partial charge on any atom is 0.327 e. The fourth-order valence-corrected chi connectivity index (χ4v) is 3.95. The number of imide groups is 1. The van der Waals surface area contributed by atoms with Crippen LogP contribution in [0, 0.1) is 5.92 Å². The fourth-order valence-electron chi connectivity index (χ4n) is 3.76. The molecule has 25 heavy (non-hydrogen) atoms. The van der Waals surface area contributed by atoms with Crippen molar-refractivity contribution >= 4 is 35.1 Å². The number of urea groups is 1. The SMILES string of the molecule is CCN1C(=O)C2CCCCC2N(CC(=O)Nc2cccc(Cl)c2)C1=O. The van der Waals surface area contributed by atoms with Crippen LogP contribution in [0.5, 0.6) is 0 Å². The number of rotatable bonds is 4. The van der Waals surface area contributed by atoms with Crippen LogP contribution in [-0.4, -0.2) is 46.8 Å². The Bertz CT molecular complexity index is 694. The number of benzene rings is 1. The molecular weight excluding hydrogens is 342 g/mol. The first-order chi connectivity index (χ1) is 12.0. The lowest BCUT2D eigenvalue weighted by Gasteiger charge is -2.46. The third kappa shape index (κ3) is 3.63. The maximum absolute atomic E-state index is 12.7. The highest BCUT2D eigenvalue weighted by Crippen LogP contribution is 2.34. The van der Waals surface area contributed by atoms with E-state index in [0.29, 0.717) is 17.3 Å². The second-order valence-electron chi connectivity index (χ2n) is 6.51. The lowest BCUT2D eigenvalue weighted by Crippen LogP contribution is -2.63. The second kappa shape index (κ2) is 7.44. The molecule has 0 spiro atoms. The van der Waals surface area contributed by atoms with E-state index >= 15 is 0 Å². The smallest absolute Gasteiger partial charge is 0.324 e. The largest absolute Gasteiger partial charge is 0.327 e. The van der Waals surface area contributed by atoms with Crippen molar-refractivity contribution in [1.82, 2.24) is 9.80 Å². The maximum atomic E-state index is 12.7. The van der Waals surface area contributed by atoms with Crippen LogP contribution < -0.4 is 5.32 Å². The molecule has 1 saturated heterocycles. The van der Waals surface area contributed by atoms with Crippen molar-refractivity contribution in [2.75, 3.05) is 18.4 Å². The van der Waals surface area contributed by atoms with Gasteiger partial charge in [0, 0.05) is 23.3 Å². The molecule has 0 aromatic heterocycles. The quantitative estimate of drug-likeness (QED) is 0.893. The Balaban J connectivity index is 1.75. The van der Waals surface area contributed by atoms with Crippen molar-refractivity contribution in [3.63, 3.8) is 0 Å². The zero-order valence-corrected chi connectivity index (χ0v) is 15.0. The Morgan fingerprint density at radius 1 is 1.28 bits per heavy atom. The molecule has 2 unspecified atom stereocenters. The van der Waals surface area contributed by atoms with Gasteiger partial charge in [-0.05, 0) is 38.0 Å². The molecule has 2 fully saturated rings. The molecule has 0 bridgehead atoms. The number of anilines is 1. The van der Waals surface area contributed by atoms with E-state index in [1.54, 1.807) is 36.1 Å². The summed E-state index contributed by atoms with van der Waals surface area (Å²) in [7, 11) is 0. The van der Waals surface area contributed by atoms with Crippen molar-refractivity contribution in [2.24, 2.45) is 5.92 Å². The zero-order valence-electron chi connectivity index (χ0n) is 14.2. The minimum Gasteiger partial charge on any atom is -0.324 e. The van der Waals surface area contributed by atoms with Gasteiger partial charge < -0.3 is 10.2 Å². The summed E-state index contributed by atoms with van der Waals surface area (Å²) in [5.74, 6) is -0.570. The number of carbonyl (C=O) groups is 3. The van der Waals surface area contributed by atoms with Gasteiger partial charge in [0.2, 0.25) is 11.8 Å². The van der Waals surface area contributed by atoms with E-state index in [4.69, 9.17) is 11.6 Å². The third-order valence-electron chi connectivity index (χ3n) is 4.93. The van der Waals surface area contributed by atoms with Crippen LogP contribution in [0.25, 0.3) is 0 Å². The van der Waals surface area contributed by atoms with Gasteiger partial charge in [0.1, 0.15) is 6.54 Å². The number of hydrogen-bond donors (Lipinski definition) is 1. The summed E-state index contributed by atoms with van der Waals surface area (Å²) in [6, 6.07) is 6.33. The van der Waals surface area contributed by atoms with E-state index in [0.717, 1.165) is 25.7 Å². The van der Waals surface area contributed by atoms with Gasteiger partial charge in [-0.1, -0.05) is 30.5 Å². The minimum absolute atomic E-state index is 0.0592. The number of carbonyl (C=O) groups excluding carboxylic acids is 3. The molecule has 1 aliphatic heterocycles. The van der Waals surface area contributed by atoms with Gasteiger partial charge in [0.05, 0.1) is 5.92 Å². The first-order valence-corrected chi connectivity index (χ1v) is 9.06. The molecule has 1 heterocycles. The molecule has 0 radical (unpaired) electrons. The molecule has 2 atom stereocenters. The Hall–Kier alpha value is -2.08. The Labute approximate surface area is 152 Å². The van der Waals surface area contributed by atoms with Gasteiger partial charge in [-0.3, -0.25) is 14.5 Å². The lowest BCUT2D eigenvalue weighted by molar-refractivity contribution is -0.141. The topological polar surface area (TPSA) is 69.7 Å². The second-order valence-corrected chi connectivity index (χ2v) is 6.95. The first-order valence-electron chi connectivity index (χ1n) is 8.68. The van der Waals surface area contributed by atoms with Crippen LogP contribution in [0.1, 0.15) is 32.6 Å². The van der Waals surface area contributed by atoms with E-state index in [2.05, 4.69) is 5.32 Å². The number of halogens is 1. The van der Waals surface area contributed by atoms with Crippen LogP contribution >= 0.6 is 11.6 Å². The van der Waals surface area contributed by atoms with Crippen LogP contribution in [0.3, 0.4) is 0 Å². The van der Waals surface area contributed by atoms with E-state index in [9.17, 15) is 14.4 Å². The summed E-state index contributed by atoms with van der Waals surface area (Å²) in [6.07, 6.45) is 3.51. The summed E-state index contributed by atoms with van der Waals surface area (Å²) in [4.78, 5) is 40.5. The predicted molar refractivity (Wildman–Crippen MR) is 95.3 cm³/mol. The Morgan fingerprint density at radius 2 is 2.04 bits per heavy atom. The van der Waals surface area contributed by atoms with Gasteiger partial charge in [-0.15, -0.1) is 0 Å². The molecule has 1 aromatic carbocycles. The minimum atomic E-state index is -0.364. The highest BCUT2D eigenvalue weighted by Gasteiger charge is 2.46. The van der Waals surface area contributed by atoms with Gasteiger partial charge >= 0.3 is 6.03 Å². The third-order valence-corrected chi connectivity index (χ3v) is 5.16. The van der Waals surface area contributed by atoms with Crippen molar-refractivity contribution in [1.29, 1.82) is 0 Å². The molecule has 7 heteroatoms. The Morgan fingerprint density at radius 3 is 2.76 bits per heavy atom. The summed E-state index contributed by atoms with van der Waals surface area (Å²) < 4.78 is 0. The van der Waals surface area contributed by atoms with Crippen molar-refractivity contribution in [3.05, 3.63) is 29.3 Å². The van der Waals surface area contributed by atoms with Gasteiger partial charge in [0.15, 0.2) is 0 Å². The van der Waals surface area contributed by atoms with E-state index in [1.807, 2.05) is 0 Å². The van der Waals surface area contributed by atoms with Crippen molar-refractivity contribution in [2.45, 2.75) is 38.6 Å². The molecule has 1 N–H and O–H groups in total. The van der Waals surface area contributed by atoms with E-state index in [-0.39, 0.29) is 36.3 Å². The summed E-state index contributed by atoms with van der Waals surface area (Å²) in [5, 5.41) is 3.30. The molecule has 134 valence electrons. The van der Waals surface area contributed by atoms with Crippen LogP contribution in [-0.2, 0) is 9.59 Å². The predicted octanol–water partition coefficient (Wildman–Crippen LogP) is 3.12. The first kappa shape index (κ1) is 17.7. The summed E-state index contributed by atoms with van der Waals surface area (Å²) in [6.45, 7) is 2.05. The number of nitrogens with zero attached hydrogens (tertiary/aromatic N) is 2. The van der Waals surface area contributed by atoms with Crippen molar-refractivity contribution in [3.8, 4) is 0 Å². The zero-order chi connectivity index (χ0) is 18.0. The Kier molecular flexibility index (Phi) is 5.27. The van der Waals surface area contributed by atoms with Gasteiger partial charge in [0.25, 0.3) is 0 Å². The lowest BCUT2D eigenvalue weighted by atomic mass is 9.81. The summed E-state index contributed by atoms with van der Waals surface area (Å²) in [5.41, 5.74) is 0.588. The number of hydrogen-bond acceptors (Lipinski definition) is 3. The van der Waals surface area contributed by atoms with Crippen LogP contribution in [0.15, 0.2) is 24.3 Å². The van der Waals surface area contributed by atoms with E-state index < -0.39 is 0 Å². The summed E-state index contributed by atoms with van der Waals surface area (Å²) >= 11 is 5.93. The standard InChI is InChI=1S/C18H22ClN3O3/c1-2-21-17(24)14-8-3-4-9-15(14)22(18(21)25)11-16(23)20-13-7-5-6-12(19)10-13/h5-7,10,14-15H,2-4,8-9,11H2,1H3,(H,20,23). The average molecular weight is 364 g/mol. The number of amides is 4. The molecule has 1 saturated carbocycles. The highest BCUT2D eigenvalue weighted by atomic mass is 35.5. The van der Waals surface area contributed by atoms with Crippen LogP contribution in [0.4, 0.5) is 10.5 Å². The molecule has 2 aliphatic rings. The fraction of sp³-hybridized carbons (Fsp3) is 0.500.